The predicted octanol–water partition coefficient (Wildman–Crippen LogP) is 4.51. The lowest BCUT2D eigenvalue weighted by atomic mass is 10.0. The number of ether oxygens (including phenoxy) is 2. The van der Waals surface area contributed by atoms with E-state index in [2.05, 4.69) is 6.58 Å². The molecule has 2 aromatic rings. The molecule has 0 radical (unpaired) electrons. The van der Waals surface area contributed by atoms with Crippen LogP contribution in [0.2, 0.25) is 0 Å². The number of carbonyl (C=O) groups is 1. The lowest BCUT2D eigenvalue weighted by molar-refractivity contribution is -0.130. The third-order valence-electron chi connectivity index (χ3n) is 4.01. The normalized spacial score (nSPS) is 12.1. The summed E-state index contributed by atoms with van der Waals surface area (Å²) >= 11 is 0. The summed E-state index contributed by atoms with van der Waals surface area (Å²) in [5.74, 6) is -0.871. The van der Waals surface area contributed by atoms with Crippen molar-refractivity contribution in [2.75, 3.05) is 6.61 Å². The molecule has 0 fully saturated rings. The van der Waals surface area contributed by atoms with Crippen LogP contribution in [0.1, 0.15) is 26.3 Å². The molecule has 0 aliphatic carbocycles. The van der Waals surface area contributed by atoms with Crippen LogP contribution >= 0.6 is 0 Å². The van der Waals surface area contributed by atoms with Gasteiger partial charge in [-0.05, 0) is 36.6 Å². The van der Waals surface area contributed by atoms with Gasteiger partial charge in [-0.3, -0.25) is 0 Å². The average molecular weight is 372 g/mol. The Bertz CT molecular complexity index is 796. The van der Waals surface area contributed by atoms with Gasteiger partial charge in [0, 0.05) is 23.1 Å². The van der Waals surface area contributed by atoms with Crippen molar-refractivity contribution in [3.05, 3.63) is 66.0 Å². The molecule has 0 saturated heterocycles. The molecular formula is C22H25FO4. The molecular weight excluding hydrogens is 347 g/mol. The van der Waals surface area contributed by atoms with Crippen molar-refractivity contribution in [2.24, 2.45) is 5.92 Å². The first-order valence-corrected chi connectivity index (χ1v) is 8.84. The van der Waals surface area contributed by atoms with Gasteiger partial charge in [0.1, 0.15) is 11.6 Å². The fourth-order valence-electron chi connectivity index (χ4n) is 2.33. The van der Waals surface area contributed by atoms with Gasteiger partial charge in [0.05, 0.1) is 6.61 Å². The Kier molecular flexibility index (Phi) is 7.28. The highest BCUT2D eigenvalue weighted by Crippen LogP contribution is 2.27. The minimum Gasteiger partial charge on any atom is -0.423 e. The van der Waals surface area contributed by atoms with Gasteiger partial charge in [-0.25, -0.2) is 9.18 Å². The Morgan fingerprint density at radius 1 is 1.19 bits per heavy atom. The van der Waals surface area contributed by atoms with Gasteiger partial charge >= 0.3 is 5.97 Å². The van der Waals surface area contributed by atoms with Crippen LogP contribution in [0.25, 0.3) is 11.1 Å². The fourth-order valence-corrected chi connectivity index (χ4v) is 2.33. The minimum absolute atomic E-state index is 0.0491. The van der Waals surface area contributed by atoms with Crippen LogP contribution < -0.4 is 4.74 Å². The average Bonchev–Trinajstić information content (AvgIpc) is 2.62. The maximum Gasteiger partial charge on any atom is 0.338 e. The standard InChI is InChI=1S/C22H25FO4/c1-14(2)21(24)26-12-11-16-5-7-17(8-6-16)19-10-9-18(13-20(19)23)27-22(25)15(3)4/h5-10,13-14,21,24H,3,11-12H2,1-2,4H3. The van der Waals surface area contributed by atoms with E-state index in [4.69, 9.17) is 9.47 Å². The molecule has 5 heteroatoms. The molecule has 4 nitrogen and oxygen atoms in total. The number of benzene rings is 2. The van der Waals surface area contributed by atoms with E-state index in [1.165, 1.54) is 13.0 Å². The SMILES string of the molecule is C=C(C)C(=O)Oc1ccc(-c2ccc(CCOC(O)C(C)C)cc2)c(F)c1. The Morgan fingerprint density at radius 2 is 1.85 bits per heavy atom. The van der Waals surface area contributed by atoms with E-state index in [0.29, 0.717) is 18.6 Å². The molecule has 0 amide bonds. The summed E-state index contributed by atoms with van der Waals surface area (Å²) in [4.78, 5) is 11.5. The minimum atomic E-state index is -0.768. The molecule has 144 valence electrons. The smallest absolute Gasteiger partial charge is 0.338 e. The van der Waals surface area contributed by atoms with Crippen LogP contribution in [-0.4, -0.2) is 24.0 Å². The number of esters is 1. The van der Waals surface area contributed by atoms with Gasteiger partial charge in [0.25, 0.3) is 0 Å². The molecule has 2 aromatic carbocycles. The summed E-state index contributed by atoms with van der Waals surface area (Å²) in [6.45, 7) is 9.21. The number of aliphatic hydroxyl groups excluding tert-OH is 1. The molecule has 2 rings (SSSR count). The Balaban J connectivity index is 2.02. The molecule has 0 aliphatic rings. The monoisotopic (exact) mass is 372 g/mol. The Hall–Kier alpha value is -2.50. The van der Waals surface area contributed by atoms with E-state index in [-0.39, 0.29) is 17.2 Å². The van der Waals surface area contributed by atoms with E-state index < -0.39 is 18.1 Å². The molecule has 27 heavy (non-hydrogen) atoms. The van der Waals surface area contributed by atoms with E-state index in [1.807, 2.05) is 38.1 Å². The zero-order chi connectivity index (χ0) is 20.0. The van der Waals surface area contributed by atoms with Gasteiger partial charge in [-0.1, -0.05) is 44.7 Å². The fraction of sp³-hybridized carbons (Fsp3) is 0.318. The summed E-state index contributed by atoms with van der Waals surface area (Å²) in [5, 5.41) is 9.64. The van der Waals surface area contributed by atoms with Crippen LogP contribution in [0.3, 0.4) is 0 Å². The molecule has 0 aromatic heterocycles. The van der Waals surface area contributed by atoms with E-state index in [1.54, 1.807) is 12.1 Å². The van der Waals surface area contributed by atoms with Gasteiger partial charge in [0.15, 0.2) is 6.29 Å². The van der Waals surface area contributed by atoms with Crippen LogP contribution in [0, 0.1) is 11.7 Å². The molecule has 1 N–H and O–H groups in total. The van der Waals surface area contributed by atoms with Crippen LogP contribution in [0.4, 0.5) is 4.39 Å². The summed E-state index contributed by atoms with van der Waals surface area (Å²) in [6, 6.07) is 11.8. The largest absolute Gasteiger partial charge is 0.423 e. The van der Waals surface area contributed by atoms with Gasteiger partial charge in [0.2, 0.25) is 0 Å². The highest BCUT2D eigenvalue weighted by molar-refractivity contribution is 5.88. The van der Waals surface area contributed by atoms with Gasteiger partial charge in [-0.15, -0.1) is 0 Å². The van der Waals surface area contributed by atoms with Crippen molar-refractivity contribution in [3.8, 4) is 16.9 Å². The van der Waals surface area contributed by atoms with Gasteiger partial charge in [-0.2, -0.15) is 0 Å². The highest BCUT2D eigenvalue weighted by Gasteiger charge is 2.11. The van der Waals surface area contributed by atoms with Crippen molar-refractivity contribution in [1.82, 2.24) is 0 Å². The summed E-state index contributed by atoms with van der Waals surface area (Å²) in [7, 11) is 0. The zero-order valence-corrected chi connectivity index (χ0v) is 15.9. The van der Waals surface area contributed by atoms with E-state index in [0.717, 1.165) is 11.1 Å². The summed E-state index contributed by atoms with van der Waals surface area (Å²) < 4.78 is 24.8. The van der Waals surface area contributed by atoms with Crippen molar-refractivity contribution < 1.29 is 23.8 Å². The van der Waals surface area contributed by atoms with Crippen LogP contribution in [0.15, 0.2) is 54.6 Å². The summed E-state index contributed by atoms with van der Waals surface area (Å²) in [6.07, 6.45) is -0.113. The second-order valence-electron chi connectivity index (χ2n) is 6.76. The Labute approximate surface area is 159 Å². The molecule has 1 unspecified atom stereocenters. The third-order valence-corrected chi connectivity index (χ3v) is 4.01. The Morgan fingerprint density at radius 3 is 2.41 bits per heavy atom. The first-order valence-electron chi connectivity index (χ1n) is 8.84. The molecule has 0 spiro atoms. The second kappa shape index (κ2) is 9.44. The number of rotatable bonds is 8. The van der Waals surface area contributed by atoms with Crippen molar-refractivity contribution in [2.45, 2.75) is 33.5 Å². The molecule has 0 bridgehead atoms. The lowest BCUT2D eigenvalue weighted by Gasteiger charge is -2.15. The van der Waals surface area contributed by atoms with Crippen molar-refractivity contribution in [1.29, 1.82) is 0 Å². The maximum absolute atomic E-state index is 14.4. The third kappa shape index (κ3) is 6.01. The first-order chi connectivity index (χ1) is 12.8. The highest BCUT2D eigenvalue weighted by atomic mass is 19.1. The predicted molar refractivity (Wildman–Crippen MR) is 103 cm³/mol. The maximum atomic E-state index is 14.4. The van der Waals surface area contributed by atoms with Crippen LogP contribution in [0.5, 0.6) is 5.75 Å². The molecule has 0 saturated carbocycles. The quantitative estimate of drug-likeness (QED) is 0.321. The lowest BCUT2D eigenvalue weighted by Crippen LogP contribution is -2.20. The van der Waals surface area contributed by atoms with Crippen molar-refractivity contribution >= 4 is 5.97 Å². The molecule has 1 atom stereocenters. The number of hydrogen-bond donors (Lipinski definition) is 1. The second-order valence-corrected chi connectivity index (χ2v) is 6.76. The first kappa shape index (κ1) is 20.8. The number of carbonyl (C=O) groups excluding carboxylic acids is 1. The van der Waals surface area contributed by atoms with E-state index in [9.17, 15) is 14.3 Å². The van der Waals surface area contributed by atoms with Crippen molar-refractivity contribution in [3.63, 3.8) is 0 Å². The molecule has 0 heterocycles. The summed E-state index contributed by atoms with van der Waals surface area (Å²) in [5.41, 5.74) is 2.42. The van der Waals surface area contributed by atoms with Gasteiger partial charge < -0.3 is 14.6 Å². The van der Waals surface area contributed by atoms with E-state index >= 15 is 0 Å². The zero-order valence-electron chi connectivity index (χ0n) is 15.9. The molecule has 0 aliphatic heterocycles. The number of hydrogen-bond acceptors (Lipinski definition) is 4. The number of aliphatic hydroxyl groups is 1. The van der Waals surface area contributed by atoms with Crippen LogP contribution in [-0.2, 0) is 16.0 Å². The topological polar surface area (TPSA) is 55.8 Å². The number of halogens is 1.